The number of hydrogen-bond acceptors (Lipinski definition) is 4. The SMILES string of the molecule is CC(C)(C)OC(=O)n1ccc(NC(=O)C2(c3ccccc3F)CC2)n1. The van der Waals surface area contributed by atoms with Gasteiger partial charge >= 0.3 is 6.09 Å². The Morgan fingerprint density at radius 2 is 1.92 bits per heavy atom. The van der Waals surface area contributed by atoms with Gasteiger partial charge in [-0.15, -0.1) is 5.10 Å². The fraction of sp³-hybridized carbons (Fsp3) is 0.389. The van der Waals surface area contributed by atoms with Gasteiger partial charge in [-0.1, -0.05) is 18.2 Å². The molecule has 0 aliphatic heterocycles. The Bertz CT molecular complexity index is 819. The van der Waals surface area contributed by atoms with Crippen LogP contribution < -0.4 is 5.32 Å². The zero-order valence-corrected chi connectivity index (χ0v) is 14.4. The van der Waals surface area contributed by atoms with Gasteiger partial charge in [0.2, 0.25) is 5.91 Å². The predicted molar refractivity (Wildman–Crippen MR) is 89.8 cm³/mol. The molecule has 1 fully saturated rings. The van der Waals surface area contributed by atoms with Crippen molar-refractivity contribution >= 4 is 17.8 Å². The van der Waals surface area contributed by atoms with Crippen LogP contribution in [0.4, 0.5) is 15.0 Å². The lowest BCUT2D eigenvalue weighted by Crippen LogP contribution is -2.29. The van der Waals surface area contributed by atoms with E-state index in [4.69, 9.17) is 4.74 Å². The molecule has 25 heavy (non-hydrogen) atoms. The Hall–Kier alpha value is -2.70. The zero-order chi connectivity index (χ0) is 18.2. The molecule has 0 radical (unpaired) electrons. The van der Waals surface area contributed by atoms with E-state index in [1.165, 1.54) is 18.3 Å². The number of carbonyl (C=O) groups excluding carboxylic acids is 2. The van der Waals surface area contributed by atoms with Crippen LogP contribution in [0.2, 0.25) is 0 Å². The summed E-state index contributed by atoms with van der Waals surface area (Å²) in [5.74, 6) is -0.500. The number of ether oxygens (including phenoxy) is 1. The number of rotatable bonds is 3. The molecule has 1 N–H and O–H groups in total. The number of carbonyl (C=O) groups is 2. The first kappa shape index (κ1) is 17.1. The summed E-state index contributed by atoms with van der Waals surface area (Å²) in [5, 5.41) is 6.67. The maximum Gasteiger partial charge on any atom is 0.435 e. The molecule has 1 amide bonds. The molecule has 7 heteroatoms. The molecule has 1 aliphatic rings. The standard InChI is InChI=1S/C18H20FN3O3/c1-17(2,3)25-16(24)22-11-8-14(21-22)20-15(23)18(9-10-18)12-6-4-5-7-13(12)19/h4-8,11H,9-10H2,1-3H3,(H,20,21,23). The van der Waals surface area contributed by atoms with Crippen molar-refractivity contribution in [3.63, 3.8) is 0 Å². The van der Waals surface area contributed by atoms with Crippen LogP contribution in [0, 0.1) is 5.82 Å². The van der Waals surface area contributed by atoms with Crippen LogP contribution in [0.25, 0.3) is 0 Å². The fourth-order valence-corrected chi connectivity index (χ4v) is 2.63. The zero-order valence-electron chi connectivity index (χ0n) is 14.4. The van der Waals surface area contributed by atoms with Gasteiger partial charge in [0.05, 0.1) is 5.41 Å². The summed E-state index contributed by atoms with van der Waals surface area (Å²) in [4.78, 5) is 24.6. The van der Waals surface area contributed by atoms with Crippen molar-refractivity contribution in [3.05, 3.63) is 47.9 Å². The monoisotopic (exact) mass is 345 g/mol. The minimum absolute atomic E-state index is 0.221. The van der Waals surface area contributed by atoms with E-state index < -0.39 is 22.9 Å². The molecule has 1 aromatic carbocycles. The number of anilines is 1. The van der Waals surface area contributed by atoms with Gasteiger partial charge in [-0.3, -0.25) is 4.79 Å². The Kier molecular flexibility index (Phi) is 4.10. The molecule has 0 unspecified atom stereocenters. The van der Waals surface area contributed by atoms with Gasteiger partial charge in [0.1, 0.15) is 11.4 Å². The molecular weight excluding hydrogens is 325 g/mol. The second kappa shape index (κ2) is 5.98. The molecule has 1 aromatic heterocycles. The van der Waals surface area contributed by atoms with Crippen molar-refractivity contribution in [3.8, 4) is 0 Å². The van der Waals surface area contributed by atoms with Gasteiger partial charge in [-0.2, -0.15) is 4.68 Å². The maximum absolute atomic E-state index is 14.0. The third-order valence-electron chi connectivity index (χ3n) is 3.99. The number of nitrogens with zero attached hydrogens (tertiary/aromatic N) is 2. The van der Waals surface area contributed by atoms with Gasteiger partial charge < -0.3 is 10.1 Å². The van der Waals surface area contributed by atoms with Gasteiger partial charge in [-0.25, -0.2) is 9.18 Å². The molecule has 0 saturated heterocycles. The summed E-state index contributed by atoms with van der Waals surface area (Å²) in [6.45, 7) is 5.26. The quantitative estimate of drug-likeness (QED) is 0.924. The van der Waals surface area contributed by atoms with E-state index in [2.05, 4.69) is 10.4 Å². The second-order valence-corrected chi connectivity index (χ2v) is 7.14. The van der Waals surface area contributed by atoms with Crippen LogP contribution in [-0.2, 0) is 14.9 Å². The van der Waals surface area contributed by atoms with Crippen LogP contribution in [0.5, 0.6) is 0 Å². The predicted octanol–water partition coefficient (Wildman–Crippen LogP) is 3.48. The third kappa shape index (κ3) is 3.55. The molecule has 6 nitrogen and oxygen atoms in total. The Labute approximate surface area is 145 Å². The number of halogens is 1. The van der Waals surface area contributed by atoms with Crippen molar-refractivity contribution in [1.29, 1.82) is 0 Å². The minimum Gasteiger partial charge on any atom is -0.442 e. The van der Waals surface area contributed by atoms with Crippen LogP contribution in [0.15, 0.2) is 36.5 Å². The first-order valence-corrected chi connectivity index (χ1v) is 8.07. The lowest BCUT2D eigenvalue weighted by molar-refractivity contribution is -0.118. The Morgan fingerprint density at radius 3 is 2.52 bits per heavy atom. The van der Waals surface area contributed by atoms with E-state index in [1.807, 2.05) is 0 Å². The summed E-state index contributed by atoms with van der Waals surface area (Å²) < 4.78 is 20.3. The Balaban J connectivity index is 1.72. The average Bonchev–Trinajstić information content (AvgIpc) is 3.19. The van der Waals surface area contributed by atoms with Crippen molar-refractivity contribution in [1.82, 2.24) is 9.78 Å². The topological polar surface area (TPSA) is 73.2 Å². The molecule has 1 saturated carbocycles. The molecule has 1 aliphatic carbocycles. The largest absolute Gasteiger partial charge is 0.442 e. The Morgan fingerprint density at radius 1 is 1.24 bits per heavy atom. The molecule has 0 spiro atoms. The molecular formula is C18H20FN3O3. The summed E-state index contributed by atoms with van der Waals surface area (Å²) in [6, 6.07) is 7.78. The number of amides is 1. The smallest absolute Gasteiger partial charge is 0.435 e. The minimum atomic E-state index is -0.860. The normalized spacial score (nSPS) is 15.5. The van der Waals surface area contributed by atoms with Crippen LogP contribution in [0.1, 0.15) is 39.2 Å². The number of benzene rings is 1. The number of aromatic nitrogens is 2. The molecule has 1 heterocycles. The first-order valence-electron chi connectivity index (χ1n) is 8.07. The maximum atomic E-state index is 14.0. The molecule has 0 atom stereocenters. The van der Waals surface area contributed by atoms with E-state index in [0.717, 1.165) is 4.68 Å². The lowest BCUT2D eigenvalue weighted by atomic mass is 9.94. The van der Waals surface area contributed by atoms with E-state index >= 15 is 0 Å². The van der Waals surface area contributed by atoms with Crippen molar-refractivity contribution in [2.75, 3.05) is 5.32 Å². The molecule has 2 aromatic rings. The fourth-order valence-electron chi connectivity index (χ4n) is 2.63. The highest BCUT2D eigenvalue weighted by Gasteiger charge is 2.52. The average molecular weight is 345 g/mol. The van der Waals surface area contributed by atoms with E-state index in [-0.39, 0.29) is 11.7 Å². The van der Waals surface area contributed by atoms with Gasteiger partial charge in [0.15, 0.2) is 5.82 Å². The lowest BCUT2D eigenvalue weighted by Gasteiger charge is -2.18. The van der Waals surface area contributed by atoms with E-state index in [1.54, 1.807) is 39.0 Å². The summed E-state index contributed by atoms with van der Waals surface area (Å²) >= 11 is 0. The van der Waals surface area contributed by atoms with Crippen molar-refractivity contribution < 1.29 is 18.7 Å². The highest BCUT2D eigenvalue weighted by Crippen LogP contribution is 2.49. The first-order chi connectivity index (χ1) is 11.7. The van der Waals surface area contributed by atoms with Gasteiger partial charge in [0.25, 0.3) is 0 Å². The molecule has 132 valence electrons. The van der Waals surface area contributed by atoms with Gasteiger partial charge in [0, 0.05) is 17.8 Å². The highest BCUT2D eigenvalue weighted by molar-refractivity contribution is 6.01. The van der Waals surface area contributed by atoms with E-state index in [9.17, 15) is 14.0 Å². The van der Waals surface area contributed by atoms with E-state index in [0.29, 0.717) is 18.4 Å². The molecule has 3 rings (SSSR count). The van der Waals surface area contributed by atoms with Crippen LogP contribution in [-0.4, -0.2) is 27.4 Å². The third-order valence-corrected chi connectivity index (χ3v) is 3.99. The number of nitrogens with one attached hydrogen (secondary N) is 1. The van der Waals surface area contributed by atoms with Crippen LogP contribution >= 0.6 is 0 Å². The molecule has 0 bridgehead atoms. The highest BCUT2D eigenvalue weighted by atomic mass is 19.1. The summed E-state index contributed by atoms with van der Waals surface area (Å²) in [5.41, 5.74) is -1.12. The van der Waals surface area contributed by atoms with Crippen molar-refractivity contribution in [2.24, 2.45) is 0 Å². The van der Waals surface area contributed by atoms with Gasteiger partial charge in [-0.05, 0) is 39.7 Å². The summed E-state index contributed by atoms with van der Waals surface area (Å²) in [6.07, 6.45) is 1.93. The van der Waals surface area contributed by atoms with Crippen LogP contribution in [0.3, 0.4) is 0 Å². The van der Waals surface area contributed by atoms with Crippen molar-refractivity contribution in [2.45, 2.75) is 44.6 Å². The number of hydrogen-bond donors (Lipinski definition) is 1. The second-order valence-electron chi connectivity index (χ2n) is 7.14. The summed E-state index contributed by atoms with van der Waals surface area (Å²) in [7, 11) is 0.